The van der Waals surface area contributed by atoms with Gasteiger partial charge in [-0.1, -0.05) is 6.07 Å². The molecule has 1 heterocycles. The molecule has 2 aromatic carbocycles. The van der Waals surface area contributed by atoms with E-state index >= 15 is 0 Å². The van der Waals surface area contributed by atoms with Crippen LogP contribution >= 0.6 is 0 Å². The Labute approximate surface area is 164 Å². The number of esters is 1. The maximum atomic E-state index is 12.5. The van der Waals surface area contributed by atoms with Crippen LogP contribution in [0.5, 0.6) is 5.75 Å². The quantitative estimate of drug-likeness (QED) is 0.665. The fraction of sp³-hybridized carbons (Fsp3) is 0.333. The van der Waals surface area contributed by atoms with Gasteiger partial charge in [0.15, 0.2) is 6.54 Å². The lowest BCUT2D eigenvalue weighted by molar-refractivity contribution is -0.892. The van der Waals surface area contributed by atoms with Crippen LogP contribution in [-0.2, 0) is 9.53 Å². The summed E-state index contributed by atoms with van der Waals surface area (Å²) >= 11 is 0. The van der Waals surface area contributed by atoms with Crippen molar-refractivity contribution in [2.24, 2.45) is 0 Å². The van der Waals surface area contributed by atoms with Gasteiger partial charge < -0.3 is 25.0 Å². The average Bonchev–Trinajstić information content (AvgIpc) is 2.70. The summed E-state index contributed by atoms with van der Waals surface area (Å²) in [7, 11) is 1.33. The van der Waals surface area contributed by atoms with Crippen LogP contribution in [0.1, 0.15) is 15.9 Å². The van der Waals surface area contributed by atoms with Crippen molar-refractivity contribution in [1.29, 1.82) is 0 Å². The lowest BCUT2D eigenvalue weighted by Crippen LogP contribution is -3.15. The summed E-state index contributed by atoms with van der Waals surface area (Å²) in [5.41, 5.74) is 3.03. The van der Waals surface area contributed by atoms with Gasteiger partial charge >= 0.3 is 5.97 Å². The standard InChI is InChI=1S/C21H25N3O4/c1-15-3-4-16(21(27)28-2)13-19(15)22-20(26)14-23-9-11-24(12-10-23)17-5-7-18(25)8-6-17/h3-8,13,25H,9-12,14H2,1-2H3,(H,22,26)/p+1. The number of amides is 1. The van der Waals surface area contributed by atoms with Crippen LogP contribution in [0, 0.1) is 6.92 Å². The summed E-state index contributed by atoms with van der Waals surface area (Å²) in [5.74, 6) is -0.235. The molecule has 0 radical (unpaired) electrons. The normalized spacial score (nSPS) is 14.6. The van der Waals surface area contributed by atoms with E-state index in [1.54, 1.807) is 30.3 Å². The largest absolute Gasteiger partial charge is 0.508 e. The van der Waals surface area contributed by atoms with Gasteiger partial charge in [0.2, 0.25) is 0 Å². The van der Waals surface area contributed by atoms with Gasteiger partial charge in [0.05, 0.1) is 38.9 Å². The fourth-order valence-corrected chi connectivity index (χ4v) is 3.34. The highest BCUT2D eigenvalue weighted by Crippen LogP contribution is 2.19. The van der Waals surface area contributed by atoms with Gasteiger partial charge in [0.1, 0.15) is 5.75 Å². The Morgan fingerprint density at radius 3 is 2.46 bits per heavy atom. The Bertz CT molecular complexity index is 843. The van der Waals surface area contributed by atoms with E-state index in [4.69, 9.17) is 4.74 Å². The number of anilines is 2. The fourth-order valence-electron chi connectivity index (χ4n) is 3.34. The molecule has 7 nitrogen and oxygen atoms in total. The minimum Gasteiger partial charge on any atom is -0.508 e. The van der Waals surface area contributed by atoms with Crippen molar-refractivity contribution in [2.45, 2.75) is 6.92 Å². The van der Waals surface area contributed by atoms with Crippen LogP contribution in [0.3, 0.4) is 0 Å². The molecule has 1 saturated heterocycles. The number of rotatable bonds is 5. The molecular weight excluding hydrogens is 358 g/mol. The molecule has 0 spiro atoms. The molecule has 148 valence electrons. The number of carbonyl (C=O) groups excluding carboxylic acids is 2. The first-order valence-electron chi connectivity index (χ1n) is 9.32. The molecule has 1 aliphatic rings. The van der Waals surface area contributed by atoms with Gasteiger partial charge in [-0.2, -0.15) is 0 Å². The zero-order chi connectivity index (χ0) is 20.1. The number of hydrogen-bond acceptors (Lipinski definition) is 5. The van der Waals surface area contributed by atoms with E-state index in [1.165, 1.54) is 12.0 Å². The average molecular weight is 384 g/mol. The van der Waals surface area contributed by atoms with Crippen molar-refractivity contribution >= 4 is 23.3 Å². The molecule has 0 aliphatic carbocycles. The predicted molar refractivity (Wildman–Crippen MR) is 107 cm³/mol. The number of aryl methyl sites for hydroxylation is 1. The molecule has 3 rings (SSSR count). The molecule has 1 amide bonds. The number of ether oxygens (including phenoxy) is 1. The molecule has 1 fully saturated rings. The van der Waals surface area contributed by atoms with Crippen molar-refractivity contribution in [1.82, 2.24) is 0 Å². The Balaban J connectivity index is 1.53. The van der Waals surface area contributed by atoms with E-state index in [1.807, 2.05) is 19.1 Å². The summed E-state index contributed by atoms with van der Waals surface area (Å²) in [5, 5.41) is 12.3. The minimum atomic E-state index is -0.425. The first kappa shape index (κ1) is 19.7. The monoisotopic (exact) mass is 384 g/mol. The van der Waals surface area contributed by atoms with E-state index in [2.05, 4.69) is 10.2 Å². The lowest BCUT2D eigenvalue weighted by atomic mass is 10.1. The molecule has 2 aromatic rings. The smallest absolute Gasteiger partial charge is 0.337 e. The maximum Gasteiger partial charge on any atom is 0.337 e. The van der Waals surface area contributed by atoms with Gasteiger partial charge in [-0.3, -0.25) is 4.79 Å². The number of methoxy groups -OCH3 is 1. The Morgan fingerprint density at radius 2 is 1.82 bits per heavy atom. The van der Waals surface area contributed by atoms with E-state index in [-0.39, 0.29) is 11.7 Å². The third-order valence-corrected chi connectivity index (χ3v) is 5.03. The summed E-state index contributed by atoms with van der Waals surface area (Å²) in [4.78, 5) is 27.6. The number of quaternary nitrogens is 1. The first-order valence-corrected chi connectivity index (χ1v) is 9.32. The molecule has 3 N–H and O–H groups in total. The van der Waals surface area contributed by atoms with Gasteiger partial charge in [-0.05, 0) is 48.9 Å². The van der Waals surface area contributed by atoms with Crippen molar-refractivity contribution in [2.75, 3.05) is 50.1 Å². The molecule has 0 unspecified atom stereocenters. The maximum absolute atomic E-state index is 12.5. The minimum absolute atomic E-state index is 0.0711. The highest BCUT2D eigenvalue weighted by atomic mass is 16.5. The topological polar surface area (TPSA) is 83.3 Å². The summed E-state index contributed by atoms with van der Waals surface area (Å²) < 4.78 is 4.74. The first-order chi connectivity index (χ1) is 13.5. The Kier molecular flexibility index (Phi) is 6.16. The highest BCUT2D eigenvalue weighted by molar-refractivity contribution is 5.95. The van der Waals surface area contributed by atoms with E-state index in [9.17, 15) is 14.7 Å². The molecule has 0 bridgehead atoms. The van der Waals surface area contributed by atoms with E-state index in [0.717, 1.165) is 37.4 Å². The van der Waals surface area contributed by atoms with Crippen LogP contribution in [0.4, 0.5) is 11.4 Å². The molecule has 28 heavy (non-hydrogen) atoms. The third kappa shape index (κ3) is 4.80. The van der Waals surface area contributed by atoms with Crippen molar-refractivity contribution in [3.63, 3.8) is 0 Å². The number of hydrogen-bond donors (Lipinski definition) is 3. The zero-order valence-electron chi connectivity index (χ0n) is 16.2. The molecule has 0 saturated carbocycles. The van der Waals surface area contributed by atoms with Crippen LogP contribution in [-0.4, -0.2) is 56.8 Å². The number of phenolic OH excluding ortho intramolecular Hbond substituents is 1. The summed E-state index contributed by atoms with van der Waals surface area (Å²) in [6.45, 7) is 5.69. The van der Waals surface area contributed by atoms with Gasteiger partial charge in [0, 0.05) is 11.4 Å². The summed E-state index contributed by atoms with van der Waals surface area (Å²) in [6, 6.07) is 12.3. The van der Waals surface area contributed by atoms with Gasteiger partial charge in [0.25, 0.3) is 5.91 Å². The second kappa shape index (κ2) is 8.75. The highest BCUT2D eigenvalue weighted by Gasteiger charge is 2.22. The number of aromatic hydroxyl groups is 1. The second-order valence-electron chi connectivity index (χ2n) is 7.00. The number of carbonyl (C=O) groups is 2. The molecule has 0 aromatic heterocycles. The summed E-state index contributed by atoms with van der Waals surface area (Å²) in [6.07, 6.45) is 0. The number of benzene rings is 2. The van der Waals surface area contributed by atoms with Gasteiger partial charge in [-0.25, -0.2) is 4.79 Å². The molecule has 1 aliphatic heterocycles. The van der Waals surface area contributed by atoms with Crippen molar-refractivity contribution in [3.05, 3.63) is 53.6 Å². The molecule has 0 atom stereocenters. The van der Waals surface area contributed by atoms with E-state index < -0.39 is 5.97 Å². The molecule has 7 heteroatoms. The number of nitrogens with zero attached hydrogens (tertiary/aromatic N) is 1. The van der Waals surface area contributed by atoms with Gasteiger partial charge in [-0.15, -0.1) is 0 Å². The second-order valence-corrected chi connectivity index (χ2v) is 7.00. The van der Waals surface area contributed by atoms with E-state index in [0.29, 0.717) is 17.8 Å². The lowest BCUT2D eigenvalue weighted by Gasteiger charge is -2.33. The predicted octanol–water partition coefficient (Wildman–Crippen LogP) is 0.831. The Hall–Kier alpha value is -3.06. The van der Waals surface area contributed by atoms with Crippen molar-refractivity contribution < 1.29 is 24.3 Å². The van der Waals surface area contributed by atoms with Crippen LogP contribution < -0.4 is 15.1 Å². The van der Waals surface area contributed by atoms with Crippen LogP contribution in [0.2, 0.25) is 0 Å². The number of phenols is 1. The van der Waals surface area contributed by atoms with Crippen LogP contribution in [0.15, 0.2) is 42.5 Å². The SMILES string of the molecule is COC(=O)c1ccc(C)c(NC(=O)C[NH+]2CCN(c3ccc(O)cc3)CC2)c1. The van der Waals surface area contributed by atoms with Crippen molar-refractivity contribution in [3.8, 4) is 5.75 Å². The Morgan fingerprint density at radius 1 is 1.14 bits per heavy atom. The van der Waals surface area contributed by atoms with Crippen LogP contribution in [0.25, 0.3) is 0 Å². The zero-order valence-corrected chi connectivity index (χ0v) is 16.2. The molecular formula is C21H26N3O4+. The third-order valence-electron chi connectivity index (χ3n) is 5.03. The number of nitrogens with one attached hydrogen (secondary N) is 2. The number of piperazine rings is 1.